The highest BCUT2D eigenvalue weighted by Crippen LogP contribution is 2.43. The van der Waals surface area contributed by atoms with E-state index in [1.807, 2.05) is 17.9 Å². The lowest BCUT2D eigenvalue weighted by atomic mass is 9.79. The van der Waals surface area contributed by atoms with E-state index in [0.717, 1.165) is 44.4 Å². The summed E-state index contributed by atoms with van der Waals surface area (Å²) in [6, 6.07) is 2.95. The fourth-order valence-electron chi connectivity index (χ4n) is 5.60. The first kappa shape index (κ1) is 18.8. The van der Waals surface area contributed by atoms with Crippen LogP contribution in [0.2, 0.25) is 0 Å². The largest absolute Gasteiger partial charge is 0.376 e. The number of rotatable bonds is 4. The summed E-state index contributed by atoms with van der Waals surface area (Å²) < 4.78 is 7.86. The van der Waals surface area contributed by atoms with Crippen LogP contribution in [-0.2, 0) is 11.8 Å². The van der Waals surface area contributed by atoms with Crippen molar-refractivity contribution in [2.24, 2.45) is 13.0 Å². The maximum absolute atomic E-state index is 13.0. The van der Waals surface area contributed by atoms with Crippen molar-refractivity contribution in [3.05, 3.63) is 18.0 Å². The summed E-state index contributed by atoms with van der Waals surface area (Å²) in [5, 5.41) is 7.56. The number of aromatic nitrogens is 2. The average Bonchev–Trinajstić information content (AvgIpc) is 3.22. The van der Waals surface area contributed by atoms with Crippen LogP contribution < -0.4 is 5.32 Å². The minimum Gasteiger partial charge on any atom is -0.376 e. The molecule has 6 nitrogen and oxygen atoms in total. The molecule has 1 aromatic rings. The summed E-state index contributed by atoms with van der Waals surface area (Å²) >= 11 is 0. The van der Waals surface area contributed by atoms with E-state index in [4.69, 9.17) is 4.74 Å². The standard InChI is InChI=1S/C21H34N4O2/c1-15-6-9-21(27-3,10-7-15)14-22-20(26)25-17-4-5-18(25)13-16(12-17)19-8-11-23-24(19)2/h8,11,15-18H,4-7,9-10,12-14H2,1-3H3,(H,22,26). The van der Waals surface area contributed by atoms with E-state index in [1.54, 1.807) is 7.11 Å². The van der Waals surface area contributed by atoms with Gasteiger partial charge in [0, 0.05) is 50.6 Å². The number of nitrogens with zero attached hydrogens (tertiary/aromatic N) is 3. The Morgan fingerprint density at radius 1 is 1.26 bits per heavy atom. The van der Waals surface area contributed by atoms with Gasteiger partial charge in [0.15, 0.2) is 0 Å². The zero-order chi connectivity index (χ0) is 19.0. The van der Waals surface area contributed by atoms with Crippen LogP contribution in [0.1, 0.15) is 69.9 Å². The molecule has 0 aromatic carbocycles. The molecule has 3 heterocycles. The lowest BCUT2D eigenvalue weighted by Crippen LogP contribution is -2.54. The van der Waals surface area contributed by atoms with Crippen LogP contribution in [0.3, 0.4) is 0 Å². The number of fused-ring (bicyclic) bond motifs is 2. The highest BCUT2D eigenvalue weighted by Gasteiger charge is 2.45. The summed E-state index contributed by atoms with van der Waals surface area (Å²) in [5.74, 6) is 1.29. The Morgan fingerprint density at radius 2 is 1.93 bits per heavy atom. The molecular formula is C21H34N4O2. The molecule has 2 amide bonds. The lowest BCUT2D eigenvalue weighted by molar-refractivity contribution is -0.0449. The molecular weight excluding hydrogens is 340 g/mol. The van der Waals surface area contributed by atoms with Gasteiger partial charge in [-0.25, -0.2) is 4.79 Å². The van der Waals surface area contributed by atoms with E-state index in [1.165, 1.54) is 18.5 Å². The molecule has 3 fully saturated rings. The number of aryl methyl sites for hydroxylation is 1. The molecule has 0 spiro atoms. The number of carbonyl (C=O) groups is 1. The van der Waals surface area contributed by atoms with E-state index in [9.17, 15) is 4.79 Å². The normalized spacial score (nSPS) is 36.0. The monoisotopic (exact) mass is 374 g/mol. The maximum Gasteiger partial charge on any atom is 0.318 e. The van der Waals surface area contributed by atoms with Gasteiger partial charge in [0.2, 0.25) is 0 Å². The van der Waals surface area contributed by atoms with Gasteiger partial charge in [0.05, 0.1) is 5.60 Å². The smallest absolute Gasteiger partial charge is 0.318 e. The Morgan fingerprint density at radius 3 is 2.48 bits per heavy atom. The third-order valence-corrected chi connectivity index (χ3v) is 7.43. The van der Waals surface area contributed by atoms with Gasteiger partial charge in [-0.15, -0.1) is 0 Å². The van der Waals surface area contributed by atoms with E-state index in [2.05, 4.69) is 28.3 Å². The highest BCUT2D eigenvalue weighted by molar-refractivity contribution is 5.75. The van der Waals surface area contributed by atoms with Gasteiger partial charge in [-0.1, -0.05) is 6.92 Å². The van der Waals surface area contributed by atoms with Crippen LogP contribution in [0, 0.1) is 5.92 Å². The van der Waals surface area contributed by atoms with Crippen LogP contribution in [0.25, 0.3) is 0 Å². The molecule has 2 aliphatic heterocycles. The summed E-state index contributed by atoms with van der Waals surface area (Å²) in [6.45, 7) is 2.94. The Balaban J connectivity index is 1.37. The predicted octanol–water partition coefficient (Wildman–Crippen LogP) is 3.44. The second kappa shape index (κ2) is 7.46. The Bertz CT molecular complexity index is 651. The van der Waals surface area contributed by atoms with Gasteiger partial charge in [-0.2, -0.15) is 5.10 Å². The van der Waals surface area contributed by atoms with E-state index < -0.39 is 0 Å². The minimum absolute atomic E-state index is 0.112. The van der Waals surface area contributed by atoms with Gasteiger partial charge in [0.25, 0.3) is 0 Å². The fourth-order valence-corrected chi connectivity index (χ4v) is 5.60. The van der Waals surface area contributed by atoms with Gasteiger partial charge in [0.1, 0.15) is 0 Å². The number of hydrogen-bond acceptors (Lipinski definition) is 3. The minimum atomic E-state index is -0.172. The summed E-state index contributed by atoms with van der Waals surface area (Å²) in [6.07, 6.45) is 10.7. The Hall–Kier alpha value is -1.56. The number of piperidine rings is 1. The average molecular weight is 375 g/mol. The topological polar surface area (TPSA) is 59.4 Å². The van der Waals surface area contributed by atoms with Crippen molar-refractivity contribution >= 4 is 6.03 Å². The molecule has 1 aliphatic carbocycles. The van der Waals surface area contributed by atoms with Crippen molar-refractivity contribution in [2.75, 3.05) is 13.7 Å². The second-order valence-electron chi connectivity index (χ2n) is 9.07. The van der Waals surface area contributed by atoms with Gasteiger partial charge in [-0.3, -0.25) is 4.68 Å². The van der Waals surface area contributed by atoms with Crippen molar-refractivity contribution in [1.82, 2.24) is 20.0 Å². The van der Waals surface area contributed by atoms with Crippen LogP contribution in [0.15, 0.2) is 12.3 Å². The van der Waals surface area contributed by atoms with Crippen molar-refractivity contribution in [3.8, 4) is 0 Å². The van der Waals surface area contributed by atoms with E-state index >= 15 is 0 Å². The predicted molar refractivity (Wildman–Crippen MR) is 105 cm³/mol. The zero-order valence-corrected chi connectivity index (χ0v) is 17.0. The SMILES string of the molecule is COC1(CNC(=O)N2C3CCC2CC(c2ccnn2C)C3)CCC(C)CC1. The van der Waals surface area contributed by atoms with Gasteiger partial charge < -0.3 is 15.0 Å². The molecule has 1 N–H and O–H groups in total. The number of carbonyl (C=O) groups excluding carboxylic acids is 1. The molecule has 2 unspecified atom stereocenters. The molecule has 2 bridgehead atoms. The number of ether oxygens (including phenoxy) is 1. The zero-order valence-electron chi connectivity index (χ0n) is 17.0. The number of amides is 2. The first-order valence-electron chi connectivity index (χ1n) is 10.6. The molecule has 2 atom stereocenters. The van der Waals surface area contributed by atoms with Crippen molar-refractivity contribution < 1.29 is 9.53 Å². The molecule has 2 saturated heterocycles. The van der Waals surface area contributed by atoms with E-state index in [0.29, 0.717) is 24.5 Å². The molecule has 150 valence electrons. The second-order valence-corrected chi connectivity index (χ2v) is 9.07. The van der Waals surface area contributed by atoms with Crippen LogP contribution in [0.4, 0.5) is 4.79 Å². The summed E-state index contributed by atoms with van der Waals surface area (Å²) in [7, 11) is 3.82. The van der Waals surface area contributed by atoms with Gasteiger partial charge >= 0.3 is 6.03 Å². The quantitative estimate of drug-likeness (QED) is 0.878. The third kappa shape index (κ3) is 3.60. The number of nitrogens with one attached hydrogen (secondary N) is 1. The summed E-state index contributed by atoms with van der Waals surface area (Å²) in [5.41, 5.74) is 1.13. The molecule has 1 aromatic heterocycles. The molecule has 0 radical (unpaired) electrons. The first-order chi connectivity index (χ1) is 13.0. The van der Waals surface area contributed by atoms with Crippen LogP contribution in [0.5, 0.6) is 0 Å². The maximum atomic E-state index is 13.0. The van der Waals surface area contributed by atoms with E-state index in [-0.39, 0.29) is 11.6 Å². The number of hydrogen-bond donors (Lipinski definition) is 1. The third-order valence-electron chi connectivity index (χ3n) is 7.43. The molecule has 3 aliphatic rings. The van der Waals surface area contributed by atoms with Crippen molar-refractivity contribution in [3.63, 3.8) is 0 Å². The molecule has 27 heavy (non-hydrogen) atoms. The van der Waals surface area contributed by atoms with Crippen molar-refractivity contribution in [2.45, 2.75) is 81.9 Å². The van der Waals surface area contributed by atoms with Crippen LogP contribution >= 0.6 is 0 Å². The molecule has 1 saturated carbocycles. The van der Waals surface area contributed by atoms with Gasteiger partial charge in [-0.05, 0) is 63.4 Å². The first-order valence-corrected chi connectivity index (χ1v) is 10.6. The molecule has 4 rings (SSSR count). The molecule has 6 heteroatoms. The fraction of sp³-hybridized carbons (Fsp3) is 0.810. The Labute approximate surface area is 162 Å². The number of methoxy groups -OCH3 is 1. The highest BCUT2D eigenvalue weighted by atomic mass is 16.5. The number of urea groups is 1. The lowest BCUT2D eigenvalue weighted by Gasteiger charge is -2.41. The summed E-state index contributed by atoms with van der Waals surface area (Å²) in [4.78, 5) is 15.2. The Kier molecular flexibility index (Phi) is 5.19. The van der Waals surface area contributed by atoms with Crippen molar-refractivity contribution in [1.29, 1.82) is 0 Å². The van der Waals surface area contributed by atoms with Crippen LogP contribution in [-0.4, -0.2) is 52.1 Å².